The number of thioether (sulfide) groups is 1. The zero-order chi connectivity index (χ0) is 15.8. The summed E-state index contributed by atoms with van der Waals surface area (Å²) < 4.78 is 0. The van der Waals surface area contributed by atoms with Gasteiger partial charge in [-0.05, 0) is 17.7 Å². The third-order valence-electron chi connectivity index (χ3n) is 3.57. The van der Waals surface area contributed by atoms with Crippen molar-refractivity contribution in [2.75, 3.05) is 0 Å². The molecule has 0 fully saturated rings. The first-order valence-electron chi connectivity index (χ1n) is 6.95. The van der Waals surface area contributed by atoms with Crippen molar-refractivity contribution in [3.05, 3.63) is 81.3 Å². The summed E-state index contributed by atoms with van der Waals surface area (Å²) in [4.78, 5) is 2.05. The molecule has 0 atom stereocenters. The maximum atomic E-state index is 6.31. The maximum Gasteiger partial charge on any atom is 0.196 e. The van der Waals surface area contributed by atoms with E-state index in [0.717, 1.165) is 27.7 Å². The highest BCUT2D eigenvalue weighted by Crippen LogP contribution is 2.38. The van der Waals surface area contributed by atoms with Gasteiger partial charge in [-0.15, -0.1) is 22.1 Å². The molecule has 0 aromatic heterocycles. The molecule has 0 aliphatic carbocycles. The van der Waals surface area contributed by atoms with Crippen LogP contribution in [0.25, 0.3) is 11.4 Å². The normalized spacial score (nSPS) is 15.6. The predicted octanol–water partition coefficient (Wildman–Crippen LogP) is 5.79. The van der Waals surface area contributed by atoms with Gasteiger partial charge in [-0.1, -0.05) is 71.4 Å². The van der Waals surface area contributed by atoms with Gasteiger partial charge in [0.15, 0.2) is 5.17 Å². The molecule has 24 heavy (non-hydrogen) atoms. The molecule has 4 rings (SSSR count). The van der Waals surface area contributed by atoms with E-state index < -0.39 is 0 Å². The first-order chi connectivity index (χ1) is 11.2. The Morgan fingerprint density at radius 3 is 2.38 bits per heavy atom. The van der Waals surface area contributed by atoms with Crippen molar-refractivity contribution in [1.29, 1.82) is 0 Å². The van der Waals surface area contributed by atoms with E-state index in [2.05, 4.69) is 28.1 Å². The second kappa shape index (κ2) is 7.23. The lowest BCUT2D eigenvalue weighted by molar-refractivity contribution is 0.759. The van der Waals surface area contributed by atoms with E-state index in [1.54, 1.807) is 11.8 Å². The van der Waals surface area contributed by atoms with Crippen LogP contribution in [0.4, 0.5) is 0 Å². The highest BCUT2D eigenvalue weighted by Gasteiger charge is 2.27. The fraction of sp³-hybridized carbons (Fsp3) is 0. The molecule has 7 heteroatoms. The Balaban J connectivity index is 0.00000169. The van der Waals surface area contributed by atoms with Crippen LogP contribution in [0.1, 0.15) is 11.1 Å². The summed E-state index contributed by atoms with van der Waals surface area (Å²) in [5, 5.41) is 8.56. The molecule has 0 spiro atoms. The van der Waals surface area contributed by atoms with E-state index in [9.17, 15) is 0 Å². The van der Waals surface area contributed by atoms with Crippen molar-refractivity contribution in [2.45, 2.75) is 0 Å². The van der Waals surface area contributed by atoms with E-state index in [1.165, 1.54) is 0 Å². The monoisotopic (exact) mass is 439 g/mol. The third-order valence-corrected chi connectivity index (χ3v) is 5.04. The van der Waals surface area contributed by atoms with Gasteiger partial charge in [0.05, 0.1) is 21.4 Å². The van der Waals surface area contributed by atoms with Crippen LogP contribution < -0.4 is 5.43 Å². The molecule has 0 amide bonds. The minimum atomic E-state index is 0. The summed E-state index contributed by atoms with van der Waals surface area (Å²) in [7, 11) is 0. The Labute approximate surface area is 164 Å². The van der Waals surface area contributed by atoms with Gasteiger partial charge in [0, 0.05) is 17.2 Å². The lowest BCUT2D eigenvalue weighted by Gasteiger charge is -2.24. The predicted molar refractivity (Wildman–Crippen MR) is 109 cm³/mol. The second-order valence-corrected chi connectivity index (χ2v) is 6.65. The molecule has 2 aliphatic heterocycles. The topological polar surface area (TPSA) is 27.6 Å². The molecule has 0 saturated heterocycles. The standard InChI is InChI=1S/C17H11Cl2N3S.BrH/c18-12-7-4-8-13(19)16(12)14-9-22-15(10-23-17(22)21-20-14)11-5-2-1-3-6-11;/h1-10,20H;1H. The Hall–Kier alpha value is -1.40. The number of hydrogen-bond acceptors (Lipinski definition) is 4. The fourth-order valence-corrected chi connectivity index (χ4v) is 3.92. The Morgan fingerprint density at radius 1 is 0.958 bits per heavy atom. The lowest BCUT2D eigenvalue weighted by atomic mass is 10.1. The SMILES string of the molecule is Br.Clc1cccc(Cl)c1C1=CN2C(c3ccccc3)=CSC2=NN1. The molecule has 2 heterocycles. The lowest BCUT2D eigenvalue weighted by Crippen LogP contribution is -2.26. The van der Waals surface area contributed by atoms with Gasteiger partial charge in [-0.3, -0.25) is 10.3 Å². The first kappa shape index (κ1) is 17.4. The quantitative estimate of drug-likeness (QED) is 0.640. The molecular weight excluding hydrogens is 429 g/mol. The number of hydrazone groups is 1. The molecule has 2 aromatic rings. The number of hydrogen-bond donors (Lipinski definition) is 1. The summed E-state index contributed by atoms with van der Waals surface area (Å²) in [6.45, 7) is 0. The molecular formula is C17H12BrCl2N3S. The van der Waals surface area contributed by atoms with Crippen molar-refractivity contribution >= 4 is 68.5 Å². The zero-order valence-corrected chi connectivity index (χ0v) is 16.3. The molecule has 0 saturated carbocycles. The van der Waals surface area contributed by atoms with Gasteiger partial charge in [0.1, 0.15) is 0 Å². The number of nitrogens with one attached hydrogen (secondary N) is 1. The largest absolute Gasteiger partial charge is 0.291 e. The fourth-order valence-electron chi connectivity index (χ4n) is 2.49. The van der Waals surface area contributed by atoms with E-state index in [0.29, 0.717) is 10.0 Å². The number of amidine groups is 1. The molecule has 122 valence electrons. The van der Waals surface area contributed by atoms with Crippen LogP contribution in [0.2, 0.25) is 10.0 Å². The van der Waals surface area contributed by atoms with Crippen molar-refractivity contribution in [2.24, 2.45) is 5.10 Å². The molecule has 3 nitrogen and oxygen atoms in total. The van der Waals surface area contributed by atoms with Crippen LogP contribution in [0.3, 0.4) is 0 Å². The second-order valence-electron chi connectivity index (χ2n) is 5.00. The van der Waals surface area contributed by atoms with E-state index in [4.69, 9.17) is 23.2 Å². The van der Waals surface area contributed by atoms with Gasteiger partial charge in [0.2, 0.25) is 0 Å². The summed E-state index contributed by atoms with van der Waals surface area (Å²) in [5.74, 6) is 0. The minimum Gasteiger partial charge on any atom is -0.291 e. The van der Waals surface area contributed by atoms with Gasteiger partial charge < -0.3 is 0 Å². The molecule has 2 aliphatic rings. The van der Waals surface area contributed by atoms with Crippen LogP contribution in [0.15, 0.2) is 65.2 Å². The Bertz CT molecular complexity index is 845. The summed E-state index contributed by atoms with van der Waals surface area (Å²) >= 11 is 14.2. The molecule has 2 aromatic carbocycles. The third kappa shape index (κ3) is 3.09. The molecule has 0 bridgehead atoms. The van der Waals surface area contributed by atoms with Gasteiger partial charge >= 0.3 is 0 Å². The summed E-state index contributed by atoms with van der Waals surface area (Å²) in [5.41, 5.74) is 6.78. The van der Waals surface area contributed by atoms with Crippen molar-refractivity contribution < 1.29 is 0 Å². The van der Waals surface area contributed by atoms with Gasteiger partial charge in [-0.25, -0.2) is 0 Å². The number of halogens is 3. The van der Waals surface area contributed by atoms with E-state index in [-0.39, 0.29) is 17.0 Å². The van der Waals surface area contributed by atoms with Crippen LogP contribution in [-0.4, -0.2) is 10.1 Å². The number of benzene rings is 2. The average Bonchev–Trinajstić information content (AvgIpc) is 2.99. The smallest absolute Gasteiger partial charge is 0.196 e. The molecule has 1 N–H and O–H groups in total. The van der Waals surface area contributed by atoms with E-state index in [1.807, 2.05) is 47.5 Å². The maximum absolute atomic E-state index is 6.31. The number of nitrogens with zero attached hydrogens (tertiary/aromatic N) is 2. The molecule has 0 radical (unpaired) electrons. The highest BCUT2D eigenvalue weighted by molar-refractivity contribution is 8.93. The van der Waals surface area contributed by atoms with Gasteiger partial charge in [-0.2, -0.15) is 0 Å². The number of fused-ring (bicyclic) bond motifs is 1. The van der Waals surface area contributed by atoms with Crippen molar-refractivity contribution in [3.63, 3.8) is 0 Å². The Morgan fingerprint density at radius 2 is 1.67 bits per heavy atom. The number of rotatable bonds is 2. The first-order valence-corrected chi connectivity index (χ1v) is 8.59. The van der Waals surface area contributed by atoms with Crippen LogP contribution in [0, 0.1) is 0 Å². The Kier molecular flexibility index (Phi) is 5.25. The van der Waals surface area contributed by atoms with Crippen LogP contribution in [0.5, 0.6) is 0 Å². The average molecular weight is 441 g/mol. The van der Waals surface area contributed by atoms with Crippen molar-refractivity contribution in [1.82, 2.24) is 10.3 Å². The van der Waals surface area contributed by atoms with Crippen LogP contribution in [-0.2, 0) is 0 Å². The highest BCUT2D eigenvalue weighted by atomic mass is 79.9. The summed E-state index contributed by atoms with van der Waals surface area (Å²) in [6.07, 6.45) is 1.98. The zero-order valence-electron chi connectivity index (χ0n) is 12.2. The van der Waals surface area contributed by atoms with Crippen LogP contribution >= 0.6 is 51.9 Å². The van der Waals surface area contributed by atoms with Gasteiger partial charge in [0.25, 0.3) is 0 Å². The van der Waals surface area contributed by atoms with E-state index >= 15 is 0 Å². The van der Waals surface area contributed by atoms with Crippen molar-refractivity contribution in [3.8, 4) is 0 Å². The minimum absolute atomic E-state index is 0. The molecule has 0 unspecified atom stereocenters. The summed E-state index contributed by atoms with van der Waals surface area (Å²) in [6, 6.07) is 15.7.